The molecule has 6 nitrogen and oxygen atoms in total. The minimum absolute atomic E-state index is 0.0917. The van der Waals surface area contributed by atoms with Gasteiger partial charge in [0, 0.05) is 6.54 Å². The van der Waals surface area contributed by atoms with Crippen LogP contribution in [0.1, 0.15) is 13.3 Å². The molecule has 0 radical (unpaired) electrons. The minimum atomic E-state index is -0.951. The zero-order valence-corrected chi connectivity index (χ0v) is 10.5. The highest BCUT2D eigenvalue weighted by Crippen LogP contribution is 2.14. The number of carbonyl (C=O) groups excluding carboxylic acids is 1. The van der Waals surface area contributed by atoms with E-state index in [0.29, 0.717) is 5.03 Å². The fourth-order valence-electron chi connectivity index (χ4n) is 0.938. The van der Waals surface area contributed by atoms with Gasteiger partial charge in [0.1, 0.15) is 6.07 Å². The summed E-state index contributed by atoms with van der Waals surface area (Å²) < 4.78 is 4.72. The Morgan fingerprint density at radius 2 is 2.18 bits per heavy atom. The lowest BCUT2D eigenvalue weighted by Gasteiger charge is -2.09. The van der Waals surface area contributed by atoms with Crippen molar-refractivity contribution in [3.63, 3.8) is 0 Å². The van der Waals surface area contributed by atoms with E-state index in [1.807, 2.05) is 0 Å². The van der Waals surface area contributed by atoms with Gasteiger partial charge in [0.15, 0.2) is 5.57 Å². The summed E-state index contributed by atoms with van der Waals surface area (Å²) in [4.78, 5) is 21.7. The molecule has 0 aliphatic rings. The normalized spacial score (nSPS) is 11.1. The zero-order chi connectivity index (χ0) is 13.3. The first kappa shape index (κ1) is 15.3. The Hall–Kier alpha value is -1.68. The van der Waals surface area contributed by atoms with Gasteiger partial charge in [0.25, 0.3) is 0 Å². The number of carboxylic acid groups (broad SMARTS) is 1. The lowest BCUT2D eigenvalue weighted by Crippen LogP contribution is -2.20. The lowest BCUT2D eigenvalue weighted by molar-refractivity contribution is -0.138. The van der Waals surface area contributed by atoms with Gasteiger partial charge in [-0.25, -0.2) is 4.79 Å². The molecule has 0 aliphatic heterocycles. The lowest BCUT2D eigenvalue weighted by atomic mass is 10.3. The topological polar surface area (TPSA) is 99.4 Å². The van der Waals surface area contributed by atoms with Crippen LogP contribution in [0.5, 0.6) is 0 Å². The van der Waals surface area contributed by atoms with Crippen LogP contribution in [0.15, 0.2) is 10.6 Å². The average Bonchev–Trinajstić information content (AvgIpc) is 2.27. The summed E-state index contributed by atoms with van der Waals surface area (Å²) in [5.74, 6) is -1.66. The van der Waals surface area contributed by atoms with Crippen LogP contribution in [-0.4, -0.2) is 36.5 Å². The number of carboxylic acids is 1. The molecule has 0 amide bonds. The molecule has 2 N–H and O–H groups in total. The number of ether oxygens (including phenoxy) is 1. The molecule has 0 fully saturated rings. The van der Waals surface area contributed by atoms with Crippen molar-refractivity contribution in [1.82, 2.24) is 5.32 Å². The van der Waals surface area contributed by atoms with Crippen LogP contribution in [0.2, 0.25) is 0 Å². The van der Waals surface area contributed by atoms with Crippen molar-refractivity contribution in [3.8, 4) is 6.07 Å². The number of hydrogen-bond donors (Lipinski definition) is 2. The summed E-state index contributed by atoms with van der Waals surface area (Å²) >= 11 is 1.16. The first-order valence-corrected chi connectivity index (χ1v) is 6.10. The van der Waals surface area contributed by atoms with Gasteiger partial charge < -0.3 is 15.2 Å². The van der Waals surface area contributed by atoms with Gasteiger partial charge in [-0.15, -0.1) is 11.8 Å². The van der Waals surface area contributed by atoms with Crippen LogP contribution in [0.25, 0.3) is 0 Å². The molecule has 0 atom stereocenters. The third-order valence-electron chi connectivity index (χ3n) is 1.65. The second-order valence-corrected chi connectivity index (χ2v) is 3.63. The number of rotatable bonds is 7. The number of nitrogens with one attached hydrogen (secondary N) is 1. The van der Waals surface area contributed by atoms with Crippen LogP contribution in [0, 0.1) is 11.3 Å². The van der Waals surface area contributed by atoms with E-state index in [9.17, 15) is 9.59 Å². The fourth-order valence-corrected chi connectivity index (χ4v) is 1.52. The number of thioether (sulfide) groups is 1. The molecule has 0 saturated carbocycles. The third kappa shape index (κ3) is 5.82. The van der Waals surface area contributed by atoms with E-state index in [4.69, 9.17) is 15.1 Å². The molecule has 94 valence electrons. The van der Waals surface area contributed by atoms with Gasteiger partial charge >= 0.3 is 11.9 Å². The van der Waals surface area contributed by atoms with Crippen molar-refractivity contribution in [1.29, 1.82) is 5.26 Å². The van der Waals surface area contributed by atoms with Crippen LogP contribution in [0.4, 0.5) is 0 Å². The van der Waals surface area contributed by atoms with E-state index in [1.165, 1.54) is 0 Å². The maximum atomic E-state index is 11.4. The van der Waals surface area contributed by atoms with E-state index < -0.39 is 11.9 Å². The number of nitriles is 1. The van der Waals surface area contributed by atoms with E-state index >= 15 is 0 Å². The summed E-state index contributed by atoms with van der Waals surface area (Å²) in [6, 6.07) is 1.75. The Bertz CT molecular complexity index is 360. The van der Waals surface area contributed by atoms with Gasteiger partial charge in [0.05, 0.1) is 18.1 Å². The molecule has 0 unspecified atom stereocenters. The molecular formula is C10H14N2O4S. The molecular weight excluding hydrogens is 244 g/mol. The second kappa shape index (κ2) is 8.47. The van der Waals surface area contributed by atoms with Crippen molar-refractivity contribution in [2.45, 2.75) is 13.3 Å². The fraction of sp³-hybridized carbons (Fsp3) is 0.500. The van der Waals surface area contributed by atoms with Gasteiger partial charge in [-0.3, -0.25) is 4.79 Å². The first-order chi connectivity index (χ1) is 8.06. The molecule has 0 heterocycles. The summed E-state index contributed by atoms with van der Waals surface area (Å²) in [6.45, 7) is 1.97. The molecule has 0 spiro atoms. The summed E-state index contributed by atoms with van der Waals surface area (Å²) in [5, 5.41) is 20.4. The molecule has 17 heavy (non-hydrogen) atoms. The molecule has 0 rings (SSSR count). The summed E-state index contributed by atoms with van der Waals surface area (Å²) in [7, 11) is 0. The molecule has 0 aromatic carbocycles. The summed E-state index contributed by atoms with van der Waals surface area (Å²) in [5.41, 5.74) is -0.135. The monoisotopic (exact) mass is 258 g/mol. The van der Waals surface area contributed by atoms with Crippen molar-refractivity contribution in [2.24, 2.45) is 0 Å². The number of carbonyl (C=O) groups is 2. The Labute approximate surface area is 104 Å². The molecule has 7 heteroatoms. The number of hydrogen-bond acceptors (Lipinski definition) is 6. The predicted octanol–water partition coefficient (Wildman–Crippen LogP) is 0.712. The highest BCUT2D eigenvalue weighted by molar-refractivity contribution is 8.02. The Morgan fingerprint density at radius 3 is 2.59 bits per heavy atom. The van der Waals surface area contributed by atoms with Crippen molar-refractivity contribution in [3.05, 3.63) is 10.6 Å². The van der Waals surface area contributed by atoms with Gasteiger partial charge in [-0.2, -0.15) is 5.26 Å². The molecule has 0 saturated heterocycles. The third-order valence-corrected chi connectivity index (χ3v) is 2.40. The van der Waals surface area contributed by atoms with Crippen molar-refractivity contribution in [2.75, 3.05) is 19.4 Å². The SMILES string of the molecule is CCOC(=O)/C(C#N)=C(/NCCC(=O)O)SC. The number of nitrogens with zero attached hydrogens (tertiary/aromatic N) is 1. The molecule has 0 aliphatic carbocycles. The van der Waals surface area contributed by atoms with Crippen molar-refractivity contribution < 1.29 is 19.4 Å². The van der Waals surface area contributed by atoms with E-state index in [-0.39, 0.29) is 25.1 Å². The highest BCUT2D eigenvalue weighted by atomic mass is 32.2. The smallest absolute Gasteiger partial charge is 0.351 e. The standard InChI is InChI=1S/C10H14N2O4S/c1-3-16-10(15)7(6-11)9(17-2)12-5-4-8(13)14/h12H,3-5H2,1-2H3,(H,13,14)/b9-7-. The maximum Gasteiger partial charge on any atom is 0.351 e. The predicted molar refractivity (Wildman–Crippen MR) is 63.0 cm³/mol. The Kier molecular flexibility index (Phi) is 7.63. The average molecular weight is 258 g/mol. The maximum absolute atomic E-state index is 11.4. The van der Waals surface area contributed by atoms with Gasteiger partial charge in [-0.05, 0) is 13.2 Å². The molecule has 0 bridgehead atoms. The largest absolute Gasteiger partial charge is 0.481 e. The highest BCUT2D eigenvalue weighted by Gasteiger charge is 2.16. The molecule has 0 aromatic rings. The second-order valence-electron chi connectivity index (χ2n) is 2.81. The van der Waals surface area contributed by atoms with Crippen molar-refractivity contribution >= 4 is 23.7 Å². The minimum Gasteiger partial charge on any atom is -0.481 e. The van der Waals surface area contributed by atoms with Crippen LogP contribution >= 0.6 is 11.8 Å². The van der Waals surface area contributed by atoms with E-state index in [1.54, 1.807) is 19.2 Å². The Balaban J connectivity index is 4.69. The Morgan fingerprint density at radius 1 is 1.53 bits per heavy atom. The first-order valence-electron chi connectivity index (χ1n) is 4.87. The zero-order valence-electron chi connectivity index (χ0n) is 9.65. The quantitative estimate of drug-likeness (QED) is 0.394. The van der Waals surface area contributed by atoms with Crippen LogP contribution in [0.3, 0.4) is 0 Å². The van der Waals surface area contributed by atoms with Gasteiger partial charge in [0.2, 0.25) is 0 Å². The van der Waals surface area contributed by atoms with Crippen LogP contribution < -0.4 is 5.32 Å². The van der Waals surface area contributed by atoms with E-state index in [2.05, 4.69) is 5.32 Å². The summed E-state index contributed by atoms with van der Waals surface area (Å²) in [6.07, 6.45) is 1.59. The van der Waals surface area contributed by atoms with Crippen LogP contribution in [-0.2, 0) is 14.3 Å². The number of esters is 1. The molecule has 0 aromatic heterocycles. The number of aliphatic carboxylic acids is 1. The van der Waals surface area contributed by atoms with E-state index in [0.717, 1.165) is 11.8 Å². The van der Waals surface area contributed by atoms with Gasteiger partial charge in [-0.1, -0.05) is 0 Å².